The summed E-state index contributed by atoms with van der Waals surface area (Å²) in [6.45, 7) is 3.10. The van der Waals surface area contributed by atoms with Gasteiger partial charge in [-0.15, -0.1) is 10.2 Å². The maximum absolute atomic E-state index is 13.2. The molecule has 35 heavy (non-hydrogen) atoms. The summed E-state index contributed by atoms with van der Waals surface area (Å²) in [6, 6.07) is 9.25. The molecule has 0 bridgehead atoms. The van der Waals surface area contributed by atoms with Crippen LogP contribution in [0.4, 0.5) is 11.4 Å². The van der Waals surface area contributed by atoms with E-state index >= 15 is 0 Å². The third-order valence-electron chi connectivity index (χ3n) is 6.34. The Hall–Kier alpha value is -3.57. The number of tetrazole rings is 1. The van der Waals surface area contributed by atoms with E-state index in [9.17, 15) is 4.79 Å². The summed E-state index contributed by atoms with van der Waals surface area (Å²) in [4.78, 5) is 20.5. The molecule has 1 atom stereocenters. The number of hydrogen-bond donors (Lipinski definition) is 3. The Morgan fingerprint density at radius 2 is 2.06 bits per heavy atom. The maximum atomic E-state index is 13.2. The second kappa shape index (κ2) is 9.23. The van der Waals surface area contributed by atoms with Crippen molar-refractivity contribution in [2.45, 2.75) is 37.8 Å². The molecule has 182 valence electrons. The molecule has 12 heteroatoms. The van der Waals surface area contributed by atoms with Gasteiger partial charge in [-0.1, -0.05) is 23.7 Å². The molecule has 0 aliphatic carbocycles. The zero-order valence-corrected chi connectivity index (χ0v) is 20.2. The minimum atomic E-state index is -0.815. The number of carbonyl (C=O) groups is 1. The largest absolute Gasteiger partial charge is 0.381 e. The molecule has 5 rings (SSSR count). The van der Waals surface area contributed by atoms with E-state index in [1.807, 2.05) is 31.2 Å². The number of carbonyl (C=O) groups excluding carboxylic acids is 1. The Bertz CT molecular complexity index is 1240. The Balaban J connectivity index is 1.35. The molecule has 2 saturated heterocycles. The SMILES string of the molecule is Cn1nnc(-c2ccc(Nc3cccc([C@]4(C)CC(=O)N(C5CCOCC5)C(=N)N4)c3Cl)cn2)n1. The first kappa shape index (κ1) is 23.2. The monoisotopic (exact) mass is 495 g/mol. The molecule has 0 radical (unpaired) electrons. The summed E-state index contributed by atoms with van der Waals surface area (Å²) < 4.78 is 5.41. The van der Waals surface area contributed by atoms with Crippen LogP contribution in [0.2, 0.25) is 5.02 Å². The Morgan fingerprint density at radius 1 is 1.26 bits per heavy atom. The number of ether oxygens (including phenoxy) is 1. The maximum Gasteiger partial charge on any atom is 0.232 e. The van der Waals surface area contributed by atoms with Gasteiger partial charge in [0.1, 0.15) is 5.69 Å². The quantitative estimate of drug-likeness (QED) is 0.492. The third kappa shape index (κ3) is 4.56. The molecule has 2 aliphatic heterocycles. The summed E-state index contributed by atoms with van der Waals surface area (Å²) in [7, 11) is 1.70. The van der Waals surface area contributed by atoms with Crippen LogP contribution in [0.3, 0.4) is 0 Å². The van der Waals surface area contributed by atoms with Gasteiger partial charge in [0, 0.05) is 19.3 Å². The van der Waals surface area contributed by atoms with E-state index in [1.54, 1.807) is 24.2 Å². The van der Waals surface area contributed by atoms with Crippen molar-refractivity contribution in [1.29, 1.82) is 5.41 Å². The number of amides is 1. The van der Waals surface area contributed by atoms with Crippen molar-refractivity contribution in [2.24, 2.45) is 7.05 Å². The zero-order valence-electron chi connectivity index (χ0n) is 19.5. The number of benzene rings is 1. The first-order chi connectivity index (χ1) is 16.8. The van der Waals surface area contributed by atoms with Crippen LogP contribution >= 0.6 is 11.6 Å². The number of guanidine groups is 1. The molecule has 3 aromatic rings. The molecule has 11 nitrogen and oxygen atoms in total. The third-order valence-corrected chi connectivity index (χ3v) is 6.74. The van der Waals surface area contributed by atoms with Crippen LogP contribution in [-0.2, 0) is 22.1 Å². The van der Waals surface area contributed by atoms with Crippen molar-refractivity contribution >= 4 is 34.8 Å². The van der Waals surface area contributed by atoms with Gasteiger partial charge in [-0.2, -0.15) is 4.80 Å². The minimum absolute atomic E-state index is 0.0168. The molecule has 4 heterocycles. The Morgan fingerprint density at radius 3 is 2.71 bits per heavy atom. The molecule has 2 aromatic heterocycles. The number of aryl methyl sites for hydroxylation is 1. The molecule has 2 fully saturated rings. The molecule has 2 aliphatic rings. The van der Waals surface area contributed by atoms with Crippen LogP contribution in [-0.4, -0.2) is 61.2 Å². The topological polar surface area (TPSA) is 134 Å². The van der Waals surface area contributed by atoms with Crippen LogP contribution in [0.25, 0.3) is 11.5 Å². The molecular formula is C23H26ClN9O2. The lowest BCUT2D eigenvalue weighted by Crippen LogP contribution is -2.62. The van der Waals surface area contributed by atoms with Crippen LogP contribution in [0, 0.1) is 5.41 Å². The van der Waals surface area contributed by atoms with Crippen molar-refractivity contribution in [3.63, 3.8) is 0 Å². The number of rotatable bonds is 5. The molecule has 0 spiro atoms. The van der Waals surface area contributed by atoms with E-state index in [0.29, 0.717) is 35.4 Å². The average molecular weight is 496 g/mol. The summed E-state index contributed by atoms with van der Waals surface area (Å²) in [5.41, 5.74) is 1.93. The zero-order chi connectivity index (χ0) is 24.6. The van der Waals surface area contributed by atoms with Gasteiger partial charge < -0.3 is 15.4 Å². The fourth-order valence-corrected chi connectivity index (χ4v) is 4.95. The first-order valence-corrected chi connectivity index (χ1v) is 11.7. The van der Waals surface area contributed by atoms with Gasteiger partial charge in [-0.3, -0.25) is 20.1 Å². The van der Waals surface area contributed by atoms with Gasteiger partial charge in [0.2, 0.25) is 11.7 Å². The lowest BCUT2D eigenvalue weighted by atomic mass is 9.85. The van der Waals surface area contributed by atoms with Crippen LogP contribution in [0.15, 0.2) is 36.5 Å². The highest BCUT2D eigenvalue weighted by Crippen LogP contribution is 2.39. The number of anilines is 2. The van der Waals surface area contributed by atoms with E-state index in [4.69, 9.17) is 21.7 Å². The average Bonchev–Trinajstić information content (AvgIpc) is 3.27. The molecule has 0 saturated carbocycles. The summed E-state index contributed by atoms with van der Waals surface area (Å²) in [6.07, 6.45) is 3.32. The first-order valence-electron chi connectivity index (χ1n) is 11.4. The van der Waals surface area contributed by atoms with E-state index in [0.717, 1.165) is 24.1 Å². The standard InChI is InChI=1S/C23H26ClN9O2/c1-23(12-19(34)33(22(25)28-23)15-8-10-35-11-9-15)16-4-3-5-17(20(16)24)27-14-6-7-18(26-13-14)21-29-31-32(2)30-21/h3-7,13,15,27H,8-12H2,1-2H3,(H2,25,28)/t23-/m0/s1. The van der Waals surface area contributed by atoms with Crippen LogP contribution < -0.4 is 10.6 Å². The van der Waals surface area contributed by atoms with Gasteiger partial charge in [-0.25, -0.2) is 0 Å². The van der Waals surface area contributed by atoms with Crippen molar-refractivity contribution < 1.29 is 9.53 Å². The van der Waals surface area contributed by atoms with E-state index in [1.165, 1.54) is 4.80 Å². The van der Waals surface area contributed by atoms with E-state index < -0.39 is 5.54 Å². The number of halogens is 1. The Labute approximate surface area is 207 Å². The van der Waals surface area contributed by atoms with Gasteiger partial charge in [-0.05, 0) is 48.7 Å². The molecule has 1 amide bonds. The van der Waals surface area contributed by atoms with E-state index in [2.05, 4.69) is 31.0 Å². The van der Waals surface area contributed by atoms with Crippen molar-refractivity contribution in [1.82, 2.24) is 35.4 Å². The van der Waals surface area contributed by atoms with Crippen LogP contribution in [0.5, 0.6) is 0 Å². The number of aromatic nitrogens is 5. The highest BCUT2D eigenvalue weighted by Gasteiger charge is 2.43. The van der Waals surface area contributed by atoms with E-state index in [-0.39, 0.29) is 24.3 Å². The second-order valence-electron chi connectivity index (χ2n) is 8.92. The number of nitrogens with one attached hydrogen (secondary N) is 3. The lowest BCUT2D eigenvalue weighted by Gasteiger charge is -2.45. The summed E-state index contributed by atoms with van der Waals surface area (Å²) >= 11 is 6.83. The van der Waals surface area contributed by atoms with Crippen molar-refractivity contribution in [3.05, 3.63) is 47.1 Å². The molecule has 3 N–H and O–H groups in total. The predicted octanol–water partition coefficient (Wildman–Crippen LogP) is 2.82. The Kier molecular flexibility index (Phi) is 6.12. The second-order valence-corrected chi connectivity index (χ2v) is 9.29. The van der Waals surface area contributed by atoms with Gasteiger partial charge in [0.05, 0.1) is 41.6 Å². The minimum Gasteiger partial charge on any atom is -0.381 e. The number of pyridine rings is 1. The van der Waals surface area contributed by atoms with Gasteiger partial charge in [0.25, 0.3) is 0 Å². The fraction of sp³-hybridized carbons (Fsp3) is 0.391. The number of nitrogens with zero attached hydrogens (tertiary/aromatic N) is 6. The lowest BCUT2D eigenvalue weighted by molar-refractivity contribution is -0.133. The van der Waals surface area contributed by atoms with Gasteiger partial charge >= 0.3 is 0 Å². The summed E-state index contributed by atoms with van der Waals surface area (Å²) in [5, 5.41) is 27.5. The highest BCUT2D eigenvalue weighted by molar-refractivity contribution is 6.34. The highest BCUT2D eigenvalue weighted by atomic mass is 35.5. The fourth-order valence-electron chi connectivity index (χ4n) is 4.57. The smallest absolute Gasteiger partial charge is 0.232 e. The van der Waals surface area contributed by atoms with Crippen molar-refractivity contribution in [3.8, 4) is 11.5 Å². The van der Waals surface area contributed by atoms with Crippen molar-refractivity contribution in [2.75, 3.05) is 18.5 Å². The van der Waals surface area contributed by atoms with Crippen LogP contribution in [0.1, 0.15) is 31.7 Å². The number of hydrogen-bond acceptors (Lipinski definition) is 8. The summed E-state index contributed by atoms with van der Waals surface area (Å²) in [5.74, 6) is 0.453. The molecule has 1 aromatic carbocycles. The predicted molar refractivity (Wildman–Crippen MR) is 130 cm³/mol. The molecule has 0 unspecified atom stereocenters. The van der Waals surface area contributed by atoms with Gasteiger partial charge in [0.15, 0.2) is 5.96 Å². The molecular weight excluding hydrogens is 470 g/mol. The normalized spacial score (nSPS) is 21.2.